The summed E-state index contributed by atoms with van der Waals surface area (Å²) in [5.41, 5.74) is 1.94. The van der Waals surface area contributed by atoms with Crippen LogP contribution in [0.4, 0.5) is 0 Å². The lowest BCUT2D eigenvalue weighted by atomic mass is 9.35. The number of amides is 1. The number of hydrogen-bond donors (Lipinski definition) is 3. The lowest BCUT2D eigenvalue weighted by Crippen LogP contribution is -2.81. The molecule has 5 fully saturated rings. The minimum atomic E-state index is -0.820. The number of likely N-dealkylation sites (tertiary alicyclic amines) is 1. The third kappa shape index (κ3) is 3.22. The maximum Gasteiger partial charge on any atom is 0.303 e. The Balaban J connectivity index is 1.22. The van der Waals surface area contributed by atoms with Gasteiger partial charge in [0.15, 0.2) is 11.5 Å². The van der Waals surface area contributed by atoms with Gasteiger partial charge in [0.1, 0.15) is 11.7 Å². The molecule has 0 aromatic heterocycles. The number of carbonyl (C=O) groups excluding carboxylic acids is 1. The van der Waals surface area contributed by atoms with Gasteiger partial charge in [0.25, 0.3) is 0 Å². The van der Waals surface area contributed by atoms with Crippen molar-refractivity contribution in [1.29, 1.82) is 0 Å². The highest BCUT2D eigenvalue weighted by atomic mass is 16.6. The molecule has 8 nitrogen and oxygen atoms in total. The van der Waals surface area contributed by atoms with Gasteiger partial charge in [-0.05, 0) is 81.9 Å². The van der Waals surface area contributed by atoms with Crippen molar-refractivity contribution in [3.63, 3.8) is 0 Å². The van der Waals surface area contributed by atoms with E-state index in [0.29, 0.717) is 37.6 Å². The van der Waals surface area contributed by atoms with Gasteiger partial charge < -0.3 is 25.0 Å². The fourth-order valence-corrected chi connectivity index (χ4v) is 9.68. The van der Waals surface area contributed by atoms with Crippen molar-refractivity contribution in [3.05, 3.63) is 23.3 Å². The number of fused-ring (bicyclic) bond motifs is 2. The molecule has 4 bridgehead atoms. The first-order valence-corrected chi connectivity index (χ1v) is 14.6. The number of methoxy groups -OCH3 is 1. The van der Waals surface area contributed by atoms with Gasteiger partial charge in [-0.1, -0.05) is 6.07 Å². The van der Waals surface area contributed by atoms with Gasteiger partial charge in [-0.25, -0.2) is 0 Å². The smallest absolute Gasteiger partial charge is 0.303 e. The van der Waals surface area contributed by atoms with Crippen molar-refractivity contribution in [2.45, 2.75) is 93.8 Å². The summed E-state index contributed by atoms with van der Waals surface area (Å²) in [7, 11) is 1.80. The van der Waals surface area contributed by atoms with E-state index in [2.05, 4.69) is 16.3 Å². The van der Waals surface area contributed by atoms with E-state index in [-0.39, 0.29) is 40.9 Å². The van der Waals surface area contributed by atoms with E-state index in [1.165, 1.54) is 30.5 Å². The Morgan fingerprint density at radius 3 is 2.76 bits per heavy atom. The summed E-state index contributed by atoms with van der Waals surface area (Å²) in [4.78, 5) is 26.3. The second-order valence-electron chi connectivity index (χ2n) is 12.9. The van der Waals surface area contributed by atoms with Crippen LogP contribution in [0, 0.1) is 17.3 Å². The number of hydrogen-bond acceptors (Lipinski definition) is 6. The first-order valence-electron chi connectivity index (χ1n) is 14.6. The number of carboxylic acids is 1. The number of phenols is 1. The third-order valence-electron chi connectivity index (χ3n) is 11.4. The van der Waals surface area contributed by atoms with Crippen molar-refractivity contribution >= 4 is 11.9 Å². The van der Waals surface area contributed by atoms with Crippen LogP contribution in [-0.2, 0) is 26.2 Å². The Morgan fingerprint density at radius 2 is 2.00 bits per heavy atom. The molecular formula is C30H40N2O6. The first kappa shape index (κ1) is 24.7. The van der Waals surface area contributed by atoms with Crippen LogP contribution in [0.25, 0.3) is 0 Å². The molecule has 5 aliphatic carbocycles. The Bertz CT molecular complexity index is 1170. The molecule has 1 aromatic rings. The van der Waals surface area contributed by atoms with E-state index in [4.69, 9.17) is 14.6 Å². The van der Waals surface area contributed by atoms with Gasteiger partial charge in [-0.15, -0.1) is 0 Å². The van der Waals surface area contributed by atoms with Crippen molar-refractivity contribution < 1.29 is 29.3 Å². The van der Waals surface area contributed by atoms with Crippen LogP contribution in [0.3, 0.4) is 0 Å². The van der Waals surface area contributed by atoms with E-state index >= 15 is 0 Å². The van der Waals surface area contributed by atoms with Crippen LogP contribution in [0.5, 0.6) is 11.5 Å². The molecule has 1 amide bonds. The number of benzene rings is 1. The van der Waals surface area contributed by atoms with Gasteiger partial charge >= 0.3 is 5.97 Å². The maximum atomic E-state index is 12.7. The molecule has 2 heterocycles. The second kappa shape index (κ2) is 8.59. The minimum Gasteiger partial charge on any atom is -0.504 e. The van der Waals surface area contributed by atoms with Gasteiger partial charge in [0.05, 0.1) is 0 Å². The molecule has 206 valence electrons. The third-order valence-corrected chi connectivity index (χ3v) is 11.4. The molecule has 2 aliphatic heterocycles. The van der Waals surface area contributed by atoms with E-state index in [9.17, 15) is 14.7 Å². The zero-order chi connectivity index (χ0) is 26.3. The molecule has 2 unspecified atom stereocenters. The molecule has 1 aromatic carbocycles. The number of phenolic OH excluding ortho intramolecular Hbond substituents is 1. The molecule has 38 heavy (non-hydrogen) atoms. The van der Waals surface area contributed by atoms with E-state index in [1.807, 2.05) is 6.07 Å². The largest absolute Gasteiger partial charge is 0.504 e. The van der Waals surface area contributed by atoms with Crippen LogP contribution >= 0.6 is 0 Å². The van der Waals surface area contributed by atoms with Crippen LogP contribution < -0.4 is 10.1 Å². The standard InChI is InChI=1S/C30H40N2O6/c1-37-30-11-10-28(15-20(30)16-31-23(34)4-2-3-5-24(35)36)22-14-19-8-9-21(33)26-25(19)29(28,27(30)38-26)12-13-32(22)17-18-6-7-18/h8-9,18,20,22,27,33H,2-7,10-17H2,1H3,(H,31,34)(H,35,36)/t20-,22-,27?,28-,29+,30?/m1/s1. The number of rotatable bonds is 10. The predicted octanol–water partition coefficient (Wildman–Crippen LogP) is 3.38. The van der Waals surface area contributed by atoms with Crippen molar-refractivity contribution in [1.82, 2.24) is 10.2 Å². The molecule has 7 aliphatic rings. The molecule has 8 heteroatoms. The number of unbranched alkanes of at least 4 members (excludes halogenated alkanes) is 1. The van der Waals surface area contributed by atoms with Crippen LogP contribution in [0.2, 0.25) is 0 Å². The summed E-state index contributed by atoms with van der Waals surface area (Å²) in [5, 5.41) is 23.0. The average Bonchev–Trinajstić information content (AvgIpc) is 3.65. The average molecular weight is 525 g/mol. The van der Waals surface area contributed by atoms with E-state index < -0.39 is 11.6 Å². The van der Waals surface area contributed by atoms with Gasteiger partial charge in [0.2, 0.25) is 5.91 Å². The molecule has 4 saturated carbocycles. The number of carbonyl (C=O) groups is 2. The summed E-state index contributed by atoms with van der Waals surface area (Å²) in [6, 6.07) is 4.38. The summed E-state index contributed by atoms with van der Waals surface area (Å²) < 4.78 is 13.3. The quantitative estimate of drug-likeness (QED) is 0.403. The highest BCUT2D eigenvalue weighted by Crippen LogP contribution is 2.76. The van der Waals surface area contributed by atoms with Crippen LogP contribution in [0.15, 0.2) is 12.1 Å². The lowest BCUT2D eigenvalue weighted by molar-refractivity contribution is -0.276. The summed E-state index contributed by atoms with van der Waals surface area (Å²) >= 11 is 0. The van der Waals surface area contributed by atoms with Gasteiger partial charge in [-0.3, -0.25) is 14.5 Å². The second-order valence-corrected chi connectivity index (χ2v) is 12.9. The number of aromatic hydroxyl groups is 1. The van der Waals surface area contributed by atoms with Crippen molar-refractivity contribution in [2.75, 3.05) is 26.7 Å². The molecular weight excluding hydrogens is 484 g/mol. The van der Waals surface area contributed by atoms with Crippen LogP contribution in [0.1, 0.15) is 75.3 Å². The molecule has 8 rings (SSSR count). The Morgan fingerprint density at radius 1 is 1.18 bits per heavy atom. The van der Waals surface area contributed by atoms with E-state index in [0.717, 1.165) is 44.6 Å². The SMILES string of the molecule is COC12CC[C@@]3(C[C@@H]1CNC(=O)CCCCC(=O)O)[C@H]1Cc4ccc(O)c5c4[C@@]3(CCN1CC1CC1)C2O5. The molecule has 1 saturated heterocycles. The normalized spacial score (nSPS) is 38.0. The Hall–Kier alpha value is -2.32. The molecule has 0 radical (unpaired) electrons. The zero-order valence-electron chi connectivity index (χ0n) is 22.3. The fourth-order valence-electron chi connectivity index (χ4n) is 9.68. The minimum absolute atomic E-state index is 0.0231. The van der Waals surface area contributed by atoms with Crippen molar-refractivity contribution in [2.24, 2.45) is 17.3 Å². The Kier molecular flexibility index (Phi) is 5.58. The number of nitrogens with zero attached hydrogens (tertiary/aromatic N) is 1. The van der Waals surface area contributed by atoms with Gasteiger partial charge in [0, 0.05) is 61.4 Å². The molecule has 6 atom stereocenters. The Labute approximate surface area is 224 Å². The van der Waals surface area contributed by atoms with Crippen LogP contribution in [-0.4, -0.2) is 71.5 Å². The maximum absolute atomic E-state index is 12.7. The lowest BCUT2D eigenvalue weighted by Gasteiger charge is -2.74. The van der Waals surface area contributed by atoms with E-state index in [1.54, 1.807) is 7.11 Å². The summed E-state index contributed by atoms with van der Waals surface area (Å²) in [5.74, 6) is 1.01. The first-order chi connectivity index (χ1) is 18.3. The zero-order valence-corrected chi connectivity index (χ0v) is 22.3. The summed E-state index contributed by atoms with van der Waals surface area (Å²) in [6.07, 6.45) is 9.03. The highest BCUT2D eigenvalue weighted by Gasteiger charge is 2.80. The van der Waals surface area contributed by atoms with Gasteiger partial charge in [-0.2, -0.15) is 0 Å². The number of ether oxygens (including phenoxy) is 2. The molecule has 3 N–H and O–H groups in total. The fraction of sp³-hybridized carbons (Fsp3) is 0.733. The molecule has 2 spiro atoms. The monoisotopic (exact) mass is 524 g/mol. The van der Waals surface area contributed by atoms with Crippen molar-refractivity contribution in [3.8, 4) is 11.5 Å². The number of carboxylic acid groups (broad SMARTS) is 1. The topological polar surface area (TPSA) is 108 Å². The number of aliphatic carboxylic acids is 1. The number of nitrogens with one attached hydrogen (secondary N) is 1. The summed E-state index contributed by atoms with van der Waals surface area (Å²) in [6.45, 7) is 2.78. The predicted molar refractivity (Wildman–Crippen MR) is 139 cm³/mol. The number of piperidine rings is 1. The highest BCUT2D eigenvalue weighted by molar-refractivity contribution is 5.76.